The minimum atomic E-state index is 0.0411. The number of hydrogen-bond donors (Lipinski definition) is 0. The van der Waals surface area contributed by atoms with Crippen molar-refractivity contribution in [3.8, 4) is 0 Å². The third-order valence-electron chi connectivity index (χ3n) is 5.97. The number of benzene rings is 3. The second-order valence-electron chi connectivity index (χ2n) is 8.58. The summed E-state index contributed by atoms with van der Waals surface area (Å²) in [5.41, 5.74) is 3.88. The first-order chi connectivity index (χ1) is 17.4. The fourth-order valence-electron chi connectivity index (χ4n) is 3.86. The molecule has 0 amide bonds. The molecule has 0 radical (unpaired) electrons. The number of rotatable bonds is 10. The molecule has 36 heavy (non-hydrogen) atoms. The highest BCUT2D eigenvalue weighted by Gasteiger charge is 2.17. The normalized spacial score (nSPS) is 13.1. The van der Waals surface area contributed by atoms with Crippen molar-refractivity contribution < 1.29 is 9.59 Å². The zero-order valence-electron chi connectivity index (χ0n) is 20.1. The van der Waals surface area contributed by atoms with Gasteiger partial charge in [-0.2, -0.15) is 0 Å². The van der Waals surface area contributed by atoms with Gasteiger partial charge in [0.25, 0.3) is 0 Å². The number of carbonyl (C=O) groups excluding carboxylic acids is 2. The van der Waals surface area contributed by atoms with Gasteiger partial charge >= 0.3 is 0 Å². The predicted molar refractivity (Wildman–Crippen MR) is 153 cm³/mol. The van der Waals surface area contributed by atoms with E-state index in [-0.39, 0.29) is 11.6 Å². The molecule has 0 fully saturated rings. The van der Waals surface area contributed by atoms with Crippen LogP contribution in [0.1, 0.15) is 40.7 Å². The summed E-state index contributed by atoms with van der Waals surface area (Å²) in [4.78, 5) is 29.0. The Morgan fingerprint density at radius 3 is 2.25 bits per heavy atom. The van der Waals surface area contributed by atoms with Crippen molar-refractivity contribution >= 4 is 46.7 Å². The van der Waals surface area contributed by atoms with E-state index in [1.807, 2.05) is 91.9 Å². The van der Waals surface area contributed by atoms with E-state index in [0.29, 0.717) is 24.0 Å². The van der Waals surface area contributed by atoms with Crippen LogP contribution in [-0.2, 0) is 4.79 Å². The topological polar surface area (TPSA) is 34.1 Å². The number of ketones is 2. The van der Waals surface area contributed by atoms with Gasteiger partial charge in [0.15, 0.2) is 11.6 Å². The molecule has 2 nitrogen and oxygen atoms in total. The number of thioether (sulfide) groups is 2. The highest BCUT2D eigenvalue weighted by Crippen LogP contribution is 2.34. The molecule has 3 aromatic rings. The van der Waals surface area contributed by atoms with Crippen LogP contribution in [-0.4, -0.2) is 17.3 Å². The fraction of sp³-hybridized carbons (Fsp3) is 0.161. The zero-order chi connectivity index (χ0) is 25.5. The monoisotopic (exact) mass is 530 g/mol. The Bertz CT molecular complexity index is 1340. The first-order valence-corrected chi connectivity index (χ1v) is 14.0. The largest absolute Gasteiger partial charge is 0.289 e. The van der Waals surface area contributed by atoms with E-state index in [1.54, 1.807) is 23.5 Å². The molecule has 1 aliphatic rings. The summed E-state index contributed by atoms with van der Waals surface area (Å²) in [7, 11) is 0. The lowest BCUT2D eigenvalue weighted by atomic mass is 9.96. The number of halogens is 1. The molecule has 0 aliphatic heterocycles. The molecule has 1 aliphatic carbocycles. The Morgan fingerprint density at radius 2 is 1.58 bits per heavy atom. The van der Waals surface area contributed by atoms with Gasteiger partial charge in [0, 0.05) is 37.3 Å². The van der Waals surface area contributed by atoms with E-state index in [1.165, 1.54) is 4.91 Å². The van der Waals surface area contributed by atoms with Crippen molar-refractivity contribution in [2.75, 3.05) is 5.75 Å². The van der Waals surface area contributed by atoms with Crippen molar-refractivity contribution in [3.05, 3.63) is 129 Å². The number of hydrogen-bond acceptors (Lipinski definition) is 4. The summed E-state index contributed by atoms with van der Waals surface area (Å²) in [6, 6.07) is 23.1. The maximum absolute atomic E-state index is 12.8. The Morgan fingerprint density at radius 1 is 0.889 bits per heavy atom. The molecule has 3 aromatic carbocycles. The lowest BCUT2D eigenvalue weighted by Crippen LogP contribution is -2.08. The molecular weight excluding hydrogens is 504 g/mol. The van der Waals surface area contributed by atoms with Crippen LogP contribution in [0.3, 0.4) is 0 Å². The predicted octanol–water partition coefficient (Wildman–Crippen LogP) is 8.88. The summed E-state index contributed by atoms with van der Waals surface area (Å²) in [6.07, 6.45) is 6.15. The second-order valence-corrected chi connectivity index (χ2v) is 11.4. The third kappa shape index (κ3) is 6.91. The molecule has 0 N–H and O–H groups in total. The number of carbonyl (C=O) groups is 2. The van der Waals surface area contributed by atoms with Crippen LogP contribution in [0.25, 0.3) is 0 Å². The van der Waals surface area contributed by atoms with E-state index < -0.39 is 0 Å². The van der Waals surface area contributed by atoms with Gasteiger partial charge in [-0.15, -0.1) is 11.8 Å². The summed E-state index contributed by atoms with van der Waals surface area (Å²) >= 11 is 9.30. The molecule has 182 valence electrons. The van der Waals surface area contributed by atoms with Crippen molar-refractivity contribution in [2.24, 2.45) is 0 Å². The summed E-state index contributed by atoms with van der Waals surface area (Å²) in [6.45, 7) is 5.99. The van der Waals surface area contributed by atoms with Crippen LogP contribution in [0, 0.1) is 6.92 Å². The lowest BCUT2D eigenvalue weighted by Gasteiger charge is -2.15. The average Bonchev–Trinajstić information content (AvgIpc) is 2.90. The lowest BCUT2D eigenvalue weighted by molar-refractivity contribution is -0.112. The second kappa shape index (κ2) is 12.4. The van der Waals surface area contributed by atoms with Crippen LogP contribution in [0.2, 0.25) is 5.02 Å². The van der Waals surface area contributed by atoms with E-state index in [4.69, 9.17) is 11.6 Å². The van der Waals surface area contributed by atoms with Gasteiger partial charge in [0.1, 0.15) is 0 Å². The molecule has 0 unspecified atom stereocenters. The molecule has 0 saturated heterocycles. The van der Waals surface area contributed by atoms with Crippen molar-refractivity contribution in [1.82, 2.24) is 0 Å². The van der Waals surface area contributed by atoms with Crippen LogP contribution in [0.4, 0.5) is 0 Å². The molecule has 0 atom stereocenters. The van der Waals surface area contributed by atoms with Crippen LogP contribution < -0.4 is 0 Å². The quantitative estimate of drug-likeness (QED) is 0.149. The Balaban J connectivity index is 1.30. The Hall–Kier alpha value is -2.79. The van der Waals surface area contributed by atoms with Gasteiger partial charge in [-0.3, -0.25) is 9.59 Å². The zero-order valence-corrected chi connectivity index (χ0v) is 22.5. The van der Waals surface area contributed by atoms with Gasteiger partial charge < -0.3 is 0 Å². The number of allylic oxidation sites excluding steroid dienone is 5. The first-order valence-electron chi connectivity index (χ1n) is 11.8. The first kappa shape index (κ1) is 26.3. The maximum atomic E-state index is 12.8. The van der Waals surface area contributed by atoms with Crippen molar-refractivity contribution in [3.63, 3.8) is 0 Å². The van der Waals surface area contributed by atoms with Crippen molar-refractivity contribution in [2.45, 2.75) is 36.0 Å². The molecular formula is C31H27ClO2S2. The number of aryl methyl sites for hydroxylation is 1. The maximum Gasteiger partial charge on any atom is 0.193 e. The highest BCUT2D eigenvalue weighted by molar-refractivity contribution is 8.03. The van der Waals surface area contributed by atoms with Crippen LogP contribution in [0.5, 0.6) is 0 Å². The molecule has 0 saturated carbocycles. The summed E-state index contributed by atoms with van der Waals surface area (Å²) < 4.78 is 0. The van der Waals surface area contributed by atoms with Crippen molar-refractivity contribution in [1.29, 1.82) is 0 Å². The summed E-state index contributed by atoms with van der Waals surface area (Å²) in [5.74, 6) is 0.907. The smallest absolute Gasteiger partial charge is 0.193 e. The Kier molecular flexibility index (Phi) is 9.08. The van der Waals surface area contributed by atoms with E-state index in [9.17, 15) is 9.59 Å². The third-order valence-corrected chi connectivity index (χ3v) is 8.34. The highest BCUT2D eigenvalue weighted by atomic mass is 35.5. The van der Waals surface area contributed by atoms with E-state index in [0.717, 1.165) is 43.7 Å². The van der Waals surface area contributed by atoms with Crippen LogP contribution >= 0.6 is 35.1 Å². The molecule has 4 rings (SSSR count). The molecule has 0 spiro atoms. The molecule has 5 heteroatoms. The summed E-state index contributed by atoms with van der Waals surface area (Å²) in [5, 5.41) is 0.721. The molecule has 0 bridgehead atoms. The minimum absolute atomic E-state index is 0.0411. The standard InChI is InChI=1S/C31H27ClO2S2/c1-21-5-3-4-6-29(21)31(34)24-9-15-28(16-10-24)36-27-13-7-23(8-14-27)30(33)22(2)19-20-35-26-17-11-25(32)12-18-26/h3-7,9-13,15-18H,2,8,14,19-20H2,1H3. The van der Waals surface area contributed by atoms with Gasteiger partial charge in [-0.1, -0.05) is 66.4 Å². The molecule has 0 heterocycles. The SMILES string of the molecule is C=C(CCSc1ccc(Cl)cc1)C(=O)C1=CC=C(Sc2ccc(C(=O)c3ccccc3C)cc2)CC1. The average molecular weight is 531 g/mol. The van der Waals surface area contributed by atoms with Crippen LogP contribution in [0.15, 0.2) is 117 Å². The minimum Gasteiger partial charge on any atom is -0.289 e. The Labute approximate surface area is 226 Å². The number of Topliss-reactive ketones (excluding diaryl/α,β-unsaturated/α-hetero) is 1. The van der Waals surface area contributed by atoms with E-state index in [2.05, 4.69) is 6.58 Å². The van der Waals surface area contributed by atoms with E-state index >= 15 is 0 Å². The van der Waals surface area contributed by atoms with Gasteiger partial charge in [0.05, 0.1) is 0 Å². The fourth-order valence-corrected chi connectivity index (χ4v) is 5.82. The van der Waals surface area contributed by atoms with Gasteiger partial charge in [-0.25, -0.2) is 0 Å². The van der Waals surface area contributed by atoms with Gasteiger partial charge in [0.2, 0.25) is 0 Å². The molecule has 0 aromatic heterocycles. The van der Waals surface area contributed by atoms with Gasteiger partial charge in [-0.05, 0) is 90.8 Å².